The Hall–Kier alpha value is -12.2. The number of rotatable bonds is 28. The number of aliphatic hydroxyl groups is 2. The maximum Gasteiger partial charge on any atom is 0.305 e. The summed E-state index contributed by atoms with van der Waals surface area (Å²) in [5, 5.41) is 110. The lowest BCUT2D eigenvalue weighted by atomic mass is 9.95. The van der Waals surface area contributed by atoms with Gasteiger partial charge in [0.05, 0.1) is 37.9 Å². The van der Waals surface area contributed by atoms with Crippen molar-refractivity contribution in [2.45, 2.75) is 244 Å². The highest BCUT2D eigenvalue weighted by Crippen LogP contribution is 2.21. The van der Waals surface area contributed by atoms with Gasteiger partial charge in [0.2, 0.25) is 94.5 Å². The second kappa shape index (κ2) is 53.3. The first-order valence-corrected chi connectivity index (χ1v) is 43.1. The topological polar surface area (TPSA) is 681 Å². The van der Waals surface area contributed by atoms with Crippen LogP contribution in [0, 0.1) is 29.6 Å². The number of hydrogen-bond donors (Lipinski definition) is 24. The van der Waals surface area contributed by atoms with E-state index in [1.807, 2.05) is 0 Å². The Labute approximate surface area is 739 Å². The van der Waals surface area contributed by atoms with Crippen molar-refractivity contribution in [2.24, 2.45) is 41.1 Å². The van der Waals surface area contributed by atoms with Gasteiger partial charge in [0, 0.05) is 25.0 Å². The number of hydrogen-bond acceptors (Lipinski definition) is 25. The van der Waals surface area contributed by atoms with E-state index < -0.39 is 277 Å². The maximum atomic E-state index is 14.9. The number of carboxylic acids is 2. The second-order valence-electron chi connectivity index (χ2n) is 32.3. The van der Waals surface area contributed by atoms with E-state index in [9.17, 15) is 122 Å². The normalized spacial score (nSPS) is 24.7. The van der Waals surface area contributed by atoms with E-state index in [-0.39, 0.29) is 80.7 Å². The number of nitrogens with one attached hydrogen (secondary N) is 15. The number of primary amides is 1. The van der Waals surface area contributed by atoms with Crippen LogP contribution in [-0.2, 0) is 106 Å². The van der Waals surface area contributed by atoms with Crippen LogP contribution in [0.5, 0.6) is 17.2 Å². The molecule has 26 N–H and O–H groups in total. The summed E-state index contributed by atoms with van der Waals surface area (Å²) in [4.78, 5) is 256. The van der Waals surface area contributed by atoms with Crippen LogP contribution in [0.15, 0.2) is 72.8 Å². The van der Waals surface area contributed by atoms with Gasteiger partial charge < -0.3 is 127 Å². The van der Waals surface area contributed by atoms with Gasteiger partial charge in [0.25, 0.3) is 0 Å². The molecule has 0 aliphatic carbocycles. The Balaban J connectivity index is 1.95. The minimum Gasteiger partial charge on any atom is -0.508 e. The summed E-state index contributed by atoms with van der Waals surface area (Å²) >= 11 is 0.702. The summed E-state index contributed by atoms with van der Waals surface area (Å²) in [5.74, 6) is -26.7. The summed E-state index contributed by atoms with van der Waals surface area (Å²) in [7, 11) is 0. The third kappa shape index (κ3) is 36.3. The van der Waals surface area contributed by atoms with Crippen molar-refractivity contribution in [1.29, 1.82) is 0 Å². The van der Waals surface area contributed by atoms with E-state index in [4.69, 9.17) is 11.5 Å². The third-order valence-corrected chi connectivity index (χ3v) is 22.1. The summed E-state index contributed by atoms with van der Waals surface area (Å²) in [6.45, 7) is 15.0. The highest BCUT2D eigenvalue weighted by molar-refractivity contribution is 8.00. The fourth-order valence-electron chi connectivity index (χ4n) is 13.1. The second-order valence-corrected chi connectivity index (χ2v) is 33.3. The number of carbonyl (C=O) groups is 18. The molecule has 18 atom stereocenters. The number of unbranched alkanes of at least 4 members (excludes halogenated alkanes) is 1. The number of phenolic OH excluding ortho intramolecular Hbond substituents is 3. The largest absolute Gasteiger partial charge is 0.508 e. The van der Waals surface area contributed by atoms with Gasteiger partial charge >= 0.3 is 11.9 Å². The van der Waals surface area contributed by atoms with E-state index in [0.717, 1.165) is 6.92 Å². The SMILES string of the molecule is CC[C@H](C)[C@@H]1NC(=O)[C@H](CO)NC(=O)[C@H](Cc2ccc(O)cc2)NC(=O)[C@H]([C@@H](C)CC)NC(=O)[C@H]([C@@H](C)O)NC(=O)[C@H](CC(C)C)NC(=O)[C@H](CC(=O)O)NC(=O)[C@H]([C@@H](C)CC)NC(=O)[C@H](C(C)C)NC(=O)[C@H](Cc2ccc(O)cc2)NC(=O)[C@H](CC(=O)O)NC(=O)[C@H](CCCCN)NC(=O)[C@H](Cc2ccc(O)cc2)NC(=O)CSC[C@@H](C(=O)NCC(N)=O)NC1=O. The van der Waals surface area contributed by atoms with Crippen molar-refractivity contribution < 1.29 is 122 Å². The smallest absolute Gasteiger partial charge is 0.305 e. The molecule has 0 bridgehead atoms. The zero-order chi connectivity index (χ0) is 95.2. The number of aliphatic carboxylic acids is 2. The lowest BCUT2D eigenvalue weighted by Crippen LogP contribution is -2.63. The Bertz CT molecular complexity index is 4280. The van der Waals surface area contributed by atoms with Crippen LogP contribution in [0.3, 0.4) is 0 Å². The Morgan fingerprint density at radius 2 is 0.740 bits per heavy atom. The highest BCUT2D eigenvalue weighted by atomic mass is 32.2. The molecule has 127 heavy (non-hydrogen) atoms. The minimum absolute atomic E-state index is 0.0742. The molecule has 43 heteroatoms. The number of phenols is 3. The van der Waals surface area contributed by atoms with E-state index in [1.54, 1.807) is 34.6 Å². The number of aromatic hydroxyl groups is 3. The molecule has 3 aromatic carbocycles. The number of nitrogens with two attached hydrogens (primary N) is 2. The molecule has 0 unspecified atom stereocenters. The monoisotopic (exact) mass is 1800 g/mol. The van der Waals surface area contributed by atoms with E-state index in [0.29, 0.717) is 22.9 Å². The number of benzene rings is 3. The number of carbonyl (C=O) groups excluding carboxylic acids is 16. The van der Waals surface area contributed by atoms with Crippen LogP contribution in [0.2, 0.25) is 0 Å². The van der Waals surface area contributed by atoms with Gasteiger partial charge in [-0.25, -0.2) is 0 Å². The summed E-state index contributed by atoms with van der Waals surface area (Å²) in [6.07, 6.45) is -5.01. The molecular weight excluding hydrogens is 1680 g/mol. The fourth-order valence-corrected chi connectivity index (χ4v) is 13.9. The molecular formula is C84H125N17O25S. The van der Waals surface area contributed by atoms with Crippen molar-refractivity contribution in [1.82, 2.24) is 79.8 Å². The molecule has 702 valence electrons. The average Bonchev–Trinajstić information content (AvgIpc) is 0.836. The lowest BCUT2D eigenvalue weighted by Gasteiger charge is -2.31. The predicted molar refractivity (Wildman–Crippen MR) is 461 cm³/mol. The molecule has 0 spiro atoms. The van der Waals surface area contributed by atoms with Gasteiger partial charge in [-0.05, 0) is 122 Å². The average molecular weight is 1810 g/mol. The van der Waals surface area contributed by atoms with Gasteiger partial charge in [0.1, 0.15) is 102 Å². The van der Waals surface area contributed by atoms with Crippen molar-refractivity contribution in [2.75, 3.05) is 31.2 Å². The summed E-state index contributed by atoms with van der Waals surface area (Å²) in [6, 6.07) is -8.65. The van der Waals surface area contributed by atoms with Crippen LogP contribution in [0.25, 0.3) is 0 Å². The zero-order valence-electron chi connectivity index (χ0n) is 73.0. The molecule has 1 fully saturated rings. The number of aliphatic hydroxyl groups excluding tert-OH is 2. The molecule has 0 saturated carbocycles. The molecule has 1 saturated heterocycles. The van der Waals surface area contributed by atoms with Crippen molar-refractivity contribution in [3.8, 4) is 17.2 Å². The van der Waals surface area contributed by atoms with Crippen LogP contribution in [0.1, 0.15) is 151 Å². The standard InChI is InChI=1S/C84H125N17O25S/c1-12-43(8)67-83(125)96-61(71(113)87-37-62(86)107)39-127-40-63(108)88-55(32-47-18-24-50(104)25-19-47)73(115)89-53(17-15-16-30-85)72(114)92-58(35-64(109)110)75(117)91-57(34-49-22-28-52(106)29-23-49)78(120)97-66(42(6)7)80(122)99-68(44(9)13-2)82(124)94-59(36-65(111)112)76(118)90-54(31-41(4)5)77(119)101-70(46(11)103)84(126)100-69(45(10)14-3)81(123)93-56(33-48-20-26-51(105)27-21-48)74(116)95-60(38-102)79(121)98-67/h18-29,41-46,53-61,66-70,102-106H,12-17,30-40,85H2,1-11H3,(H2,86,107)(H,87,113)(H,88,108)(H,89,115)(H,90,118)(H,91,117)(H,92,114)(H,93,123)(H,94,124)(H,95,116)(H,96,125)(H,97,120)(H,98,121)(H,99,122)(H,100,126)(H,101,119)(H,109,110)(H,111,112)/t43-,44-,45-,46+,53-,54-,55-,56-,57-,58-,59-,60-,61-,66-,67-,68-,69-,70-/m0/s1. The number of thioether (sulfide) groups is 1. The van der Waals surface area contributed by atoms with Gasteiger partial charge in [-0.15, -0.1) is 11.8 Å². The molecule has 1 aliphatic heterocycles. The van der Waals surface area contributed by atoms with Crippen molar-refractivity contribution >= 4 is 118 Å². The van der Waals surface area contributed by atoms with Crippen LogP contribution in [-0.4, -0.2) is 264 Å². The zero-order valence-corrected chi connectivity index (χ0v) is 73.9. The molecule has 3 aromatic rings. The van der Waals surface area contributed by atoms with E-state index in [2.05, 4.69) is 79.8 Å². The molecule has 0 aromatic heterocycles. The number of carboxylic acid groups (broad SMARTS) is 2. The Morgan fingerprint density at radius 3 is 1.14 bits per heavy atom. The lowest BCUT2D eigenvalue weighted by molar-refractivity contribution is -0.142. The van der Waals surface area contributed by atoms with Gasteiger partial charge in [0.15, 0.2) is 0 Å². The maximum absolute atomic E-state index is 14.9. The fraction of sp³-hybridized carbons (Fsp3) is 0.571. The van der Waals surface area contributed by atoms with Crippen LogP contribution in [0.4, 0.5) is 0 Å². The Kier molecular flexibility index (Phi) is 44.9. The molecule has 0 radical (unpaired) electrons. The Morgan fingerprint density at radius 1 is 0.417 bits per heavy atom. The quantitative estimate of drug-likeness (QED) is 0.0311. The molecule has 16 amide bonds. The predicted octanol–water partition coefficient (Wildman–Crippen LogP) is -3.74. The van der Waals surface area contributed by atoms with Crippen LogP contribution >= 0.6 is 11.8 Å². The van der Waals surface area contributed by atoms with Gasteiger partial charge in [-0.2, -0.15) is 0 Å². The summed E-state index contributed by atoms with van der Waals surface area (Å²) in [5.41, 5.74) is 12.1. The molecule has 4 rings (SSSR count). The molecule has 1 heterocycles. The van der Waals surface area contributed by atoms with E-state index in [1.165, 1.54) is 107 Å². The number of amides is 16. The third-order valence-electron chi connectivity index (χ3n) is 21.1. The van der Waals surface area contributed by atoms with Crippen molar-refractivity contribution in [3.05, 3.63) is 89.5 Å². The minimum atomic E-state index is -2.07. The van der Waals surface area contributed by atoms with Gasteiger partial charge in [-0.1, -0.05) is 125 Å². The van der Waals surface area contributed by atoms with E-state index >= 15 is 0 Å². The highest BCUT2D eigenvalue weighted by Gasteiger charge is 2.42. The van der Waals surface area contributed by atoms with Crippen LogP contribution < -0.4 is 91.2 Å². The van der Waals surface area contributed by atoms with Gasteiger partial charge in [-0.3, -0.25) is 86.3 Å². The summed E-state index contributed by atoms with van der Waals surface area (Å²) < 4.78 is 0. The van der Waals surface area contributed by atoms with Crippen molar-refractivity contribution in [3.63, 3.8) is 0 Å². The molecule has 42 nitrogen and oxygen atoms in total. The first-order valence-electron chi connectivity index (χ1n) is 42.0. The first kappa shape index (κ1) is 107. The molecule has 1 aliphatic rings. The first-order chi connectivity index (χ1) is 59.8.